The maximum atomic E-state index is 12.2. The fraction of sp³-hybridized carbons (Fsp3) is 0.571. The van der Waals surface area contributed by atoms with Crippen molar-refractivity contribution in [2.24, 2.45) is 5.73 Å². The number of piperazine rings is 1. The molecule has 1 aromatic heterocycles. The van der Waals surface area contributed by atoms with Gasteiger partial charge < -0.3 is 15.5 Å². The van der Waals surface area contributed by atoms with Crippen LogP contribution in [0.5, 0.6) is 0 Å². The van der Waals surface area contributed by atoms with Gasteiger partial charge in [-0.3, -0.25) is 4.79 Å². The van der Waals surface area contributed by atoms with Crippen LogP contribution in [0.2, 0.25) is 5.02 Å². The topological polar surface area (TPSA) is 62.5 Å². The van der Waals surface area contributed by atoms with Crippen LogP contribution in [-0.2, 0) is 4.79 Å². The first-order chi connectivity index (χ1) is 10.1. The highest BCUT2D eigenvalue weighted by Crippen LogP contribution is 2.16. The first-order valence-corrected chi connectivity index (χ1v) is 8.79. The van der Waals surface area contributed by atoms with Gasteiger partial charge in [0.25, 0.3) is 0 Å². The lowest BCUT2D eigenvalue weighted by atomic mass is 10.2. The first kappa shape index (κ1) is 19.4. The van der Waals surface area contributed by atoms with Gasteiger partial charge in [-0.25, -0.2) is 4.98 Å². The van der Waals surface area contributed by atoms with Gasteiger partial charge >= 0.3 is 0 Å². The maximum absolute atomic E-state index is 12.2. The summed E-state index contributed by atoms with van der Waals surface area (Å²) in [6, 6.07) is 3.36. The van der Waals surface area contributed by atoms with Gasteiger partial charge in [-0.15, -0.1) is 12.4 Å². The van der Waals surface area contributed by atoms with Crippen molar-refractivity contribution in [3.8, 4) is 0 Å². The number of thioether (sulfide) groups is 1. The number of pyridine rings is 1. The Bertz CT molecular complexity index is 466. The molecule has 0 aliphatic carbocycles. The molecule has 1 aromatic rings. The number of hydrogen-bond donors (Lipinski definition) is 1. The minimum atomic E-state index is -0.377. The normalized spacial score (nSPS) is 16.1. The molecule has 1 atom stereocenters. The van der Waals surface area contributed by atoms with Crippen molar-refractivity contribution in [3.05, 3.63) is 23.4 Å². The minimum absolute atomic E-state index is 0. The first-order valence-electron chi connectivity index (χ1n) is 7.01. The number of aromatic nitrogens is 1. The molecular formula is C14H22Cl2N4OS. The summed E-state index contributed by atoms with van der Waals surface area (Å²) in [4.78, 5) is 20.6. The van der Waals surface area contributed by atoms with Gasteiger partial charge in [-0.2, -0.15) is 11.8 Å². The molecule has 0 spiro atoms. The number of nitrogens with zero attached hydrogens (tertiary/aromatic N) is 3. The number of hydrogen-bond acceptors (Lipinski definition) is 5. The average Bonchev–Trinajstić information content (AvgIpc) is 2.53. The highest BCUT2D eigenvalue weighted by Gasteiger charge is 2.25. The van der Waals surface area contributed by atoms with E-state index in [1.54, 1.807) is 18.0 Å². The van der Waals surface area contributed by atoms with Crippen molar-refractivity contribution in [1.82, 2.24) is 9.88 Å². The number of halogens is 2. The second-order valence-electron chi connectivity index (χ2n) is 5.03. The predicted octanol–water partition coefficient (Wildman–Crippen LogP) is 1.89. The molecule has 2 rings (SSSR count). The highest BCUT2D eigenvalue weighted by molar-refractivity contribution is 7.98. The number of carbonyl (C=O) groups is 1. The van der Waals surface area contributed by atoms with Gasteiger partial charge in [0.1, 0.15) is 5.82 Å². The van der Waals surface area contributed by atoms with Crippen molar-refractivity contribution in [2.45, 2.75) is 12.5 Å². The molecule has 1 amide bonds. The van der Waals surface area contributed by atoms with E-state index >= 15 is 0 Å². The molecule has 2 N–H and O–H groups in total. The van der Waals surface area contributed by atoms with Gasteiger partial charge in [0.2, 0.25) is 5.91 Å². The summed E-state index contributed by atoms with van der Waals surface area (Å²) in [5.41, 5.74) is 5.95. The summed E-state index contributed by atoms with van der Waals surface area (Å²) < 4.78 is 0. The predicted molar refractivity (Wildman–Crippen MR) is 96.3 cm³/mol. The van der Waals surface area contributed by atoms with Crippen molar-refractivity contribution >= 4 is 47.5 Å². The molecule has 1 fully saturated rings. The SMILES string of the molecule is CSCC[C@H](N)C(=O)N1CCN(c2ccc(Cl)cn2)CC1.Cl. The third kappa shape index (κ3) is 5.19. The Balaban J connectivity index is 0.00000242. The molecule has 22 heavy (non-hydrogen) atoms. The zero-order valence-electron chi connectivity index (χ0n) is 12.6. The fourth-order valence-electron chi connectivity index (χ4n) is 2.31. The number of amides is 1. The molecule has 124 valence electrons. The van der Waals surface area contributed by atoms with E-state index < -0.39 is 0 Å². The molecule has 0 unspecified atom stereocenters. The summed E-state index contributed by atoms with van der Waals surface area (Å²) in [6.45, 7) is 2.93. The second-order valence-corrected chi connectivity index (χ2v) is 6.46. The Morgan fingerprint density at radius 2 is 2.09 bits per heavy atom. The smallest absolute Gasteiger partial charge is 0.239 e. The Morgan fingerprint density at radius 1 is 1.41 bits per heavy atom. The molecule has 1 aliphatic heterocycles. The Hall–Kier alpha value is -0.690. The standard InChI is InChI=1S/C14H21ClN4OS.ClH/c1-21-9-4-12(16)14(20)19-7-5-18(6-8-19)13-3-2-11(15)10-17-13;/h2-3,10,12H,4-9,16H2,1H3;1H/t12-;/m0./s1. The van der Waals surface area contributed by atoms with Crippen LogP contribution in [0.25, 0.3) is 0 Å². The van der Waals surface area contributed by atoms with Gasteiger partial charge in [0, 0.05) is 32.4 Å². The minimum Gasteiger partial charge on any atom is -0.353 e. The zero-order valence-corrected chi connectivity index (χ0v) is 15.0. The van der Waals surface area contributed by atoms with E-state index in [1.165, 1.54) is 0 Å². The lowest BCUT2D eigenvalue weighted by molar-refractivity contribution is -0.132. The van der Waals surface area contributed by atoms with Crippen LogP contribution in [0.3, 0.4) is 0 Å². The summed E-state index contributed by atoms with van der Waals surface area (Å²) in [7, 11) is 0. The van der Waals surface area contributed by atoms with E-state index in [0.717, 1.165) is 31.1 Å². The molecule has 2 heterocycles. The number of rotatable bonds is 5. The summed E-state index contributed by atoms with van der Waals surface area (Å²) in [5, 5.41) is 0.632. The van der Waals surface area contributed by atoms with Crippen LogP contribution < -0.4 is 10.6 Å². The van der Waals surface area contributed by atoms with E-state index in [-0.39, 0.29) is 24.4 Å². The van der Waals surface area contributed by atoms with E-state index in [4.69, 9.17) is 17.3 Å². The van der Waals surface area contributed by atoms with Gasteiger partial charge in [-0.1, -0.05) is 11.6 Å². The zero-order chi connectivity index (χ0) is 15.2. The van der Waals surface area contributed by atoms with E-state index in [0.29, 0.717) is 18.1 Å². The van der Waals surface area contributed by atoms with Crippen molar-refractivity contribution in [3.63, 3.8) is 0 Å². The quantitative estimate of drug-likeness (QED) is 0.864. The number of anilines is 1. The molecular weight excluding hydrogens is 343 g/mol. The van der Waals surface area contributed by atoms with Gasteiger partial charge in [0.15, 0.2) is 0 Å². The van der Waals surface area contributed by atoms with Crippen LogP contribution in [0.1, 0.15) is 6.42 Å². The Labute approximate surface area is 147 Å². The van der Waals surface area contributed by atoms with Crippen LogP contribution in [0.15, 0.2) is 18.3 Å². The maximum Gasteiger partial charge on any atom is 0.239 e. The Kier molecular flexibility index (Phi) is 8.31. The molecule has 0 aromatic carbocycles. The van der Waals surface area contributed by atoms with Gasteiger partial charge in [0.05, 0.1) is 11.1 Å². The number of carbonyl (C=O) groups excluding carboxylic acids is 1. The molecule has 5 nitrogen and oxygen atoms in total. The van der Waals surface area contributed by atoms with Crippen molar-refractivity contribution in [2.75, 3.05) is 43.1 Å². The van der Waals surface area contributed by atoms with Crippen LogP contribution in [0, 0.1) is 0 Å². The lowest BCUT2D eigenvalue weighted by Crippen LogP contribution is -2.53. The van der Waals surface area contributed by atoms with Gasteiger partial charge in [-0.05, 0) is 30.6 Å². The third-order valence-electron chi connectivity index (χ3n) is 3.58. The second kappa shape index (κ2) is 9.45. The van der Waals surface area contributed by atoms with E-state index in [9.17, 15) is 4.79 Å². The Morgan fingerprint density at radius 3 is 2.64 bits per heavy atom. The average molecular weight is 365 g/mol. The molecule has 0 bridgehead atoms. The monoisotopic (exact) mass is 364 g/mol. The molecule has 0 saturated carbocycles. The molecule has 1 aliphatic rings. The summed E-state index contributed by atoms with van der Waals surface area (Å²) in [6.07, 6.45) is 4.40. The molecule has 8 heteroatoms. The van der Waals surface area contributed by atoms with Crippen molar-refractivity contribution in [1.29, 1.82) is 0 Å². The highest BCUT2D eigenvalue weighted by atomic mass is 35.5. The lowest BCUT2D eigenvalue weighted by Gasteiger charge is -2.36. The van der Waals surface area contributed by atoms with E-state index in [1.807, 2.05) is 23.3 Å². The summed E-state index contributed by atoms with van der Waals surface area (Å²) in [5.74, 6) is 1.88. The van der Waals surface area contributed by atoms with Crippen LogP contribution >= 0.6 is 35.8 Å². The van der Waals surface area contributed by atoms with E-state index in [2.05, 4.69) is 9.88 Å². The molecule has 1 saturated heterocycles. The van der Waals surface area contributed by atoms with Crippen LogP contribution in [0.4, 0.5) is 5.82 Å². The fourth-order valence-corrected chi connectivity index (χ4v) is 2.92. The molecule has 0 radical (unpaired) electrons. The van der Waals surface area contributed by atoms with Crippen LogP contribution in [-0.4, -0.2) is 60.0 Å². The largest absolute Gasteiger partial charge is 0.353 e. The van der Waals surface area contributed by atoms with Crippen molar-refractivity contribution < 1.29 is 4.79 Å². The number of nitrogens with two attached hydrogens (primary N) is 1. The third-order valence-corrected chi connectivity index (χ3v) is 4.44. The summed E-state index contributed by atoms with van der Waals surface area (Å²) >= 11 is 7.56.